The van der Waals surface area contributed by atoms with Crippen molar-refractivity contribution in [1.82, 2.24) is 10.2 Å². The van der Waals surface area contributed by atoms with Crippen LogP contribution in [0.5, 0.6) is 11.5 Å². The van der Waals surface area contributed by atoms with Crippen molar-refractivity contribution >= 4 is 29.0 Å². The van der Waals surface area contributed by atoms with Gasteiger partial charge in [-0.05, 0) is 35.9 Å². The molecule has 2 aromatic carbocycles. The first-order valence-corrected chi connectivity index (χ1v) is 8.83. The normalized spacial score (nSPS) is 10.2. The van der Waals surface area contributed by atoms with E-state index in [0.29, 0.717) is 34.6 Å². The van der Waals surface area contributed by atoms with Gasteiger partial charge in [0.05, 0.1) is 19.9 Å². The summed E-state index contributed by atoms with van der Waals surface area (Å²) < 4.78 is 10.4. The summed E-state index contributed by atoms with van der Waals surface area (Å²) >= 11 is 6.13. The van der Waals surface area contributed by atoms with Gasteiger partial charge in [-0.3, -0.25) is 4.79 Å². The molecule has 3 aromatic rings. The molecule has 144 valence electrons. The fourth-order valence-electron chi connectivity index (χ4n) is 2.46. The molecule has 0 atom stereocenters. The van der Waals surface area contributed by atoms with Gasteiger partial charge in [-0.15, -0.1) is 10.2 Å². The molecule has 7 nitrogen and oxygen atoms in total. The third-order valence-electron chi connectivity index (χ3n) is 3.97. The summed E-state index contributed by atoms with van der Waals surface area (Å²) in [6.07, 6.45) is 0. The number of ether oxygens (including phenoxy) is 2. The van der Waals surface area contributed by atoms with Crippen molar-refractivity contribution in [2.75, 3.05) is 24.9 Å². The Hall–Kier alpha value is -3.32. The topological polar surface area (TPSA) is 85.4 Å². The Morgan fingerprint density at radius 1 is 1.04 bits per heavy atom. The lowest BCUT2D eigenvalue weighted by Gasteiger charge is -2.11. The number of nitrogens with zero attached hydrogens (tertiary/aromatic N) is 2. The molecule has 1 aromatic heterocycles. The number of carbonyl (C=O) groups excluding carboxylic acids is 1. The van der Waals surface area contributed by atoms with Crippen LogP contribution in [0.25, 0.3) is 0 Å². The van der Waals surface area contributed by atoms with Crippen LogP contribution in [0.1, 0.15) is 16.1 Å². The molecule has 3 rings (SSSR count). The van der Waals surface area contributed by atoms with Gasteiger partial charge in [0, 0.05) is 17.6 Å². The number of anilines is 2. The molecule has 1 amide bonds. The van der Waals surface area contributed by atoms with E-state index >= 15 is 0 Å². The number of halogens is 1. The van der Waals surface area contributed by atoms with Gasteiger partial charge in [0.2, 0.25) is 0 Å². The van der Waals surface area contributed by atoms with Crippen LogP contribution in [-0.4, -0.2) is 30.3 Å². The van der Waals surface area contributed by atoms with Gasteiger partial charge >= 0.3 is 0 Å². The molecule has 2 N–H and O–H groups in total. The van der Waals surface area contributed by atoms with Crippen LogP contribution in [0.15, 0.2) is 54.6 Å². The van der Waals surface area contributed by atoms with Crippen molar-refractivity contribution in [1.29, 1.82) is 0 Å². The average molecular weight is 399 g/mol. The first-order valence-electron chi connectivity index (χ1n) is 8.45. The number of amides is 1. The minimum absolute atomic E-state index is 0.182. The maximum absolute atomic E-state index is 12.4. The molecule has 0 aliphatic heterocycles. The van der Waals surface area contributed by atoms with Crippen molar-refractivity contribution in [3.8, 4) is 11.5 Å². The zero-order chi connectivity index (χ0) is 19.9. The zero-order valence-corrected chi connectivity index (χ0v) is 16.2. The molecule has 0 aliphatic rings. The minimum Gasteiger partial charge on any atom is -0.497 e. The van der Waals surface area contributed by atoms with Gasteiger partial charge in [0.1, 0.15) is 17.3 Å². The van der Waals surface area contributed by atoms with Crippen LogP contribution in [-0.2, 0) is 6.54 Å². The second-order valence-electron chi connectivity index (χ2n) is 5.77. The molecule has 0 fully saturated rings. The standard InChI is InChI=1S/C20H19ClN4O3/c1-27-14-7-8-16(18(11-14)28-2)23-20(26)17-9-10-19(25-24-17)22-12-13-5-3-4-6-15(13)21/h3-11H,12H2,1-2H3,(H,22,25)(H,23,26). The molecule has 0 aliphatic carbocycles. The summed E-state index contributed by atoms with van der Waals surface area (Å²) in [6.45, 7) is 0.503. The largest absolute Gasteiger partial charge is 0.497 e. The molecule has 0 unspecified atom stereocenters. The Morgan fingerprint density at radius 3 is 2.54 bits per heavy atom. The lowest BCUT2D eigenvalue weighted by atomic mass is 10.2. The predicted molar refractivity (Wildman–Crippen MR) is 108 cm³/mol. The quantitative estimate of drug-likeness (QED) is 0.625. The van der Waals surface area contributed by atoms with E-state index in [4.69, 9.17) is 21.1 Å². The van der Waals surface area contributed by atoms with Gasteiger partial charge in [-0.25, -0.2) is 0 Å². The Morgan fingerprint density at radius 2 is 1.86 bits per heavy atom. The molecule has 0 saturated heterocycles. The summed E-state index contributed by atoms with van der Waals surface area (Å²) in [7, 11) is 3.08. The number of aromatic nitrogens is 2. The monoisotopic (exact) mass is 398 g/mol. The SMILES string of the molecule is COc1ccc(NC(=O)c2ccc(NCc3ccccc3Cl)nn2)c(OC)c1. The highest BCUT2D eigenvalue weighted by atomic mass is 35.5. The third kappa shape index (κ3) is 4.69. The zero-order valence-electron chi connectivity index (χ0n) is 15.4. The fraction of sp³-hybridized carbons (Fsp3) is 0.150. The predicted octanol–water partition coefficient (Wildman–Crippen LogP) is 4.01. The van der Waals surface area contributed by atoms with Gasteiger partial charge in [0.25, 0.3) is 5.91 Å². The van der Waals surface area contributed by atoms with Gasteiger partial charge < -0.3 is 20.1 Å². The third-order valence-corrected chi connectivity index (χ3v) is 4.34. The second kappa shape index (κ2) is 9.05. The summed E-state index contributed by atoms with van der Waals surface area (Å²) in [6, 6.07) is 15.9. The number of carbonyl (C=O) groups is 1. The van der Waals surface area contributed by atoms with Crippen molar-refractivity contribution in [3.05, 3.63) is 70.9 Å². The van der Waals surface area contributed by atoms with Crippen molar-refractivity contribution < 1.29 is 14.3 Å². The van der Waals surface area contributed by atoms with E-state index in [-0.39, 0.29) is 5.69 Å². The number of methoxy groups -OCH3 is 2. The molecule has 0 radical (unpaired) electrons. The fourth-order valence-corrected chi connectivity index (χ4v) is 2.67. The van der Waals surface area contributed by atoms with Crippen LogP contribution in [0.2, 0.25) is 5.02 Å². The second-order valence-corrected chi connectivity index (χ2v) is 6.18. The summed E-state index contributed by atoms with van der Waals surface area (Å²) in [5, 5.41) is 14.6. The highest BCUT2D eigenvalue weighted by Crippen LogP contribution is 2.29. The number of hydrogen-bond donors (Lipinski definition) is 2. The molecule has 8 heteroatoms. The molecule has 0 saturated carbocycles. The maximum atomic E-state index is 12.4. The van der Waals surface area contributed by atoms with Crippen LogP contribution >= 0.6 is 11.6 Å². The molecule has 1 heterocycles. The number of nitrogens with one attached hydrogen (secondary N) is 2. The van der Waals surface area contributed by atoms with E-state index in [1.807, 2.05) is 24.3 Å². The lowest BCUT2D eigenvalue weighted by Crippen LogP contribution is -2.15. The van der Waals surface area contributed by atoms with Gasteiger partial charge in [-0.2, -0.15) is 0 Å². The van der Waals surface area contributed by atoms with Crippen molar-refractivity contribution in [2.45, 2.75) is 6.54 Å². The van der Waals surface area contributed by atoms with Crippen LogP contribution < -0.4 is 20.1 Å². The van der Waals surface area contributed by atoms with Crippen LogP contribution in [0, 0.1) is 0 Å². The smallest absolute Gasteiger partial charge is 0.276 e. The summed E-state index contributed by atoms with van der Waals surface area (Å²) in [5.74, 6) is 1.26. The first kappa shape index (κ1) is 19.4. The minimum atomic E-state index is -0.395. The van der Waals surface area contributed by atoms with E-state index in [1.54, 1.807) is 37.4 Å². The maximum Gasteiger partial charge on any atom is 0.276 e. The Balaban J connectivity index is 1.64. The van der Waals surface area contributed by atoms with Gasteiger partial charge in [-0.1, -0.05) is 29.8 Å². The Kier molecular flexibility index (Phi) is 6.29. The first-order chi connectivity index (χ1) is 13.6. The van der Waals surface area contributed by atoms with Crippen molar-refractivity contribution in [2.24, 2.45) is 0 Å². The van der Waals surface area contributed by atoms with Crippen molar-refractivity contribution in [3.63, 3.8) is 0 Å². The summed E-state index contributed by atoms with van der Waals surface area (Å²) in [5.41, 5.74) is 1.64. The van der Waals surface area contributed by atoms with E-state index < -0.39 is 5.91 Å². The number of rotatable bonds is 7. The van der Waals surface area contributed by atoms with Crippen LogP contribution in [0.4, 0.5) is 11.5 Å². The summed E-state index contributed by atoms with van der Waals surface area (Å²) in [4.78, 5) is 12.4. The molecule has 0 spiro atoms. The number of hydrogen-bond acceptors (Lipinski definition) is 6. The Bertz CT molecular complexity index is 964. The molecular weight excluding hydrogens is 380 g/mol. The molecule has 28 heavy (non-hydrogen) atoms. The molecule has 0 bridgehead atoms. The van der Waals surface area contributed by atoms with Gasteiger partial charge in [0.15, 0.2) is 5.69 Å². The van der Waals surface area contributed by atoms with E-state index in [0.717, 1.165) is 5.56 Å². The average Bonchev–Trinajstić information content (AvgIpc) is 2.73. The Labute approximate surface area is 167 Å². The highest BCUT2D eigenvalue weighted by molar-refractivity contribution is 6.31. The lowest BCUT2D eigenvalue weighted by molar-refractivity contribution is 0.102. The van der Waals surface area contributed by atoms with E-state index in [9.17, 15) is 4.79 Å². The number of benzene rings is 2. The molecular formula is C20H19ClN4O3. The van der Waals surface area contributed by atoms with Crippen LogP contribution in [0.3, 0.4) is 0 Å². The van der Waals surface area contributed by atoms with E-state index in [1.165, 1.54) is 7.11 Å². The van der Waals surface area contributed by atoms with E-state index in [2.05, 4.69) is 20.8 Å². The highest BCUT2D eigenvalue weighted by Gasteiger charge is 2.12.